The van der Waals surface area contributed by atoms with Crippen LogP contribution in [-0.2, 0) is 16.4 Å². The van der Waals surface area contributed by atoms with Gasteiger partial charge in [-0.05, 0) is 30.2 Å². The summed E-state index contributed by atoms with van der Waals surface area (Å²) in [5, 5.41) is 9.05. The highest BCUT2D eigenvalue weighted by Gasteiger charge is 2.34. The summed E-state index contributed by atoms with van der Waals surface area (Å²) in [6.07, 6.45) is 3.72. The second-order valence-corrected chi connectivity index (χ2v) is 8.02. The molecule has 1 saturated heterocycles. The number of hydrogen-bond acceptors (Lipinski definition) is 7. The third kappa shape index (κ3) is 2.98. The molecule has 2 aliphatic heterocycles. The number of nitriles is 1. The molecule has 26 heavy (non-hydrogen) atoms. The Hall–Kier alpha value is -2.70. The molecule has 0 saturated carbocycles. The van der Waals surface area contributed by atoms with Crippen LogP contribution >= 0.6 is 0 Å². The maximum atomic E-state index is 12.9. The van der Waals surface area contributed by atoms with E-state index in [4.69, 9.17) is 14.7 Å². The van der Waals surface area contributed by atoms with Crippen LogP contribution in [0.4, 0.5) is 0 Å². The second kappa shape index (κ2) is 6.55. The number of aromatic nitrogens is 2. The third-order valence-electron chi connectivity index (χ3n) is 4.46. The van der Waals surface area contributed by atoms with E-state index in [0.29, 0.717) is 26.0 Å². The summed E-state index contributed by atoms with van der Waals surface area (Å²) >= 11 is 0. The Morgan fingerprint density at radius 1 is 1.31 bits per heavy atom. The fourth-order valence-corrected chi connectivity index (χ4v) is 4.67. The first kappa shape index (κ1) is 16.8. The predicted molar refractivity (Wildman–Crippen MR) is 90.2 cm³/mol. The van der Waals surface area contributed by atoms with Gasteiger partial charge in [-0.25, -0.2) is 18.4 Å². The summed E-state index contributed by atoms with van der Waals surface area (Å²) in [6, 6.07) is 6.88. The molecule has 0 aliphatic carbocycles. The highest BCUT2D eigenvalue weighted by molar-refractivity contribution is 7.89. The second-order valence-electron chi connectivity index (χ2n) is 6.08. The van der Waals surface area contributed by atoms with Gasteiger partial charge in [0, 0.05) is 25.4 Å². The van der Waals surface area contributed by atoms with Crippen LogP contribution in [0.2, 0.25) is 0 Å². The lowest BCUT2D eigenvalue weighted by Gasteiger charge is -2.17. The normalized spacial score (nSPS) is 19.6. The first-order chi connectivity index (χ1) is 12.6. The molecule has 1 aromatic carbocycles. The number of fused-ring (bicyclic) bond motifs is 1. The molecular weight excluding hydrogens is 356 g/mol. The lowest BCUT2D eigenvalue weighted by Crippen LogP contribution is -2.31. The van der Waals surface area contributed by atoms with Crippen molar-refractivity contribution in [3.63, 3.8) is 0 Å². The van der Waals surface area contributed by atoms with Gasteiger partial charge in [0.1, 0.15) is 17.9 Å². The maximum absolute atomic E-state index is 12.9. The van der Waals surface area contributed by atoms with Gasteiger partial charge in [-0.1, -0.05) is 0 Å². The Morgan fingerprint density at radius 2 is 2.15 bits per heavy atom. The Kier molecular flexibility index (Phi) is 4.22. The number of nitrogens with zero attached hydrogens (tertiary/aromatic N) is 4. The molecule has 2 aromatic rings. The van der Waals surface area contributed by atoms with Gasteiger partial charge < -0.3 is 9.47 Å². The predicted octanol–water partition coefficient (Wildman–Crippen LogP) is 1.13. The fraction of sp³-hybridized carbons (Fsp3) is 0.353. The molecule has 134 valence electrons. The van der Waals surface area contributed by atoms with E-state index in [-0.39, 0.29) is 29.1 Å². The Balaban J connectivity index is 1.50. The SMILES string of the molecule is N#Cc1nccnc1O[C@H]1CCN(S(=O)(=O)c2ccc3c(c2)CCO3)C1. The van der Waals surface area contributed by atoms with Crippen LogP contribution in [0.5, 0.6) is 11.6 Å². The molecule has 0 spiro atoms. The summed E-state index contributed by atoms with van der Waals surface area (Å²) < 4.78 is 38.3. The Morgan fingerprint density at radius 3 is 3.00 bits per heavy atom. The van der Waals surface area contributed by atoms with Crippen molar-refractivity contribution in [1.82, 2.24) is 14.3 Å². The Labute approximate surface area is 151 Å². The van der Waals surface area contributed by atoms with Gasteiger partial charge in [0.05, 0.1) is 18.0 Å². The largest absolute Gasteiger partial charge is 0.493 e. The van der Waals surface area contributed by atoms with Crippen molar-refractivity contribution >= 4 is 10.0 Å². The van der Waals surface area contributed by atoms with Gasteiger partial charge in [0.25, 0.3) is 5.88 Å². The molecular formula is C17H16N4O4S. The van der Waals surface area contributed by atoms with E-state index in [1.54, 1.807) is 18.2 Å². The zero-order chi connectivity index (χ0) is 18.1. The van der Waals surface area contributed by atoms with E-state index in [2.05, 4.69) is 9.97 Å². The van der Waals surface area contributed by atoms with E-state index >= 15 is 0 Å². The lowest BCUT2D eigenvalue weighted by atomic mass is 10.2. The summed E-state index contributed by atoms with van der Waals surface area (Å²) in [7, 11) is -3.60. The minimum atomic E-state index is -3.60. The number of ether oxygens (including phenoxy) is 2. The van der Waals surface area contributed by atoms with E-state index in [0.717, 1.165) is 11.3 Å². The monoisotopic (exact) mass is 372 g/mol. The molecule has 8 nitrogen and oxygen atoms in total. The smallest absolute Gasteiger partial charge is 0.251 e. The first-order valence-corrected chi connectivity index (χ1v) is 9.65. The molecule has 0 amide bonds. The average Bonchev–Trinajstić information content (AvgIpc) is 3.31. The van der Waals surface area contributed by atoms with Gasteiger partial charge in [0.2, 0.25) is 15.7 Å². The van der Waals surface area contributed by atoms with Crippen molar-refractivity contribution in [2.45, 2.75) is 23.8 Å². The van der Waals surface area contributed by atoms with Crippen molar-refractivity contribution < 1.29 is 17.9 Å². The van der Waals surface area contributed by atoms with Gasteiger partial charge in [-0.15, -0.1) is 0 Å². The zero-order valence-corrected chi connectivity index (χ0v) is 14.6. The molecule has 1 atom stereocenters. The van der Waals surface area contributed by atoms with Crippen molar-refractivity contribution in [2.75, 3.05) is 19.7 Å². The fourth-order valence-electron chi connectivity index (χ4n) is 3.13. The van der Waals surface area contributed by atoms with Crippen LogP contribution < -0.4 is 9.47 Å². The maximum Gasteiger partial charge on any atom is 0.251 e. The van der Waals surface area contributed by atoms with Crippen LogP contribution in [0.15, 0.2) is 35.5 Å². The van der Waals surface area contributed by atoms with Crippen LogP contribution in [0.25, 0.3) is 0 Å². The highest BCUT2D eigenvalue weighted by Crippen LogP contribution is 2.30. The van der Waals surface area contributed by atoms with Crippen molar-refractivity contribution in [2.24, 2.45) is 0 Å². The molecule has 0 unspecified atom stereocenters. The number of benzene rings is 1. The minimum Gasteiger partial charge on any atom is -0.493 e. The van der Waals surface area contributed by atoms with Crippen LogP contribution in [0.3, 0.4) is 0 Å². The first-order valence-electron chi connectivity index (χ1n) is 8.21. The van der Waals surface area contributed by atoms with Gasteiger partial charge in [-0.2, -0.15) is 9.57 Å². The van der Waals surface area contributed by atoms with E-state index in [1.807, 2.05) is 6.07 Å². The van der Waals surface area contributed by atoms with Gasteiger partial charge >= 0.3 is 0 Å². The Bertz CT molecular complexity index is 986. The van der Waals surface area contributed by atoms with E-state index in [9.17, 15) is 8.42 Å². The summed E-state index contributed by atoms with van der Waals surface area (Å²) in [5.41, 5.74) is 1.00. The van der Waals surface area contributed by atoms with Crippen molar-refractivity contribution in [3.8, 4) is 17.7 Å². The molecule has 2 aliphatic rings. The molecule has 9 heteroatoms. The third-order valence-corrected chi connectivity index (χ3v) is 6.32. The van der Waals surface area contributed by atoms with Crippen molar-refractivity contribution in [3.05, 3.63) is 41.9 Å². The average molecular weight is 372 g/mol. The molecule has 1 aromatic heterocycles. The molecule has 0 radical (unpaired) electrons. The highest BCUT2D eigenvalue weighted by atomic mass is 32.2. The van der Waals surface area contributed by atoms with Gasteiger partial charge in [0.15, 0.2) is 0 Å². The van der Waals surface area contributed by atoms with E-state index in [1.165, 1.54) is 16.7 Å². The van der Waals surface area contributed by atoms with Gasteiger partial charge in [-0.3, -0.25) is 0 Å². The number of hydrogen-bond donors (Lipinski definition) is 0. The van der Waals surface area contributed by atoms with Crippen LogP contribution in [-0.4, -0.2) is 48.5 Å². The molecule has 0 bridgehead atoms. The summed E-state index contributed by atoms with van der Waals surface area (Å²) in [5.74, 6) is 0.882. The quantitative estimate of drug-likeness (QED) is 0.792. The molecule has 1 fully saturated rings. The van der Waals surface area contributed by atoms with E-state index < -0.39 is 10.0 Å². The standard InChI is InChI=1S/C17H16N4O4S/c18-10-15-17(20-6-5-19-15)25-13-3-7-21(11-13)26(22,23)14-1-2-16-12(9-14)4-8-24-16/h1-2,5-6,9,13H,3-4,7-8,11H2/t13-/m0/s1. The molecule has 4 rings (SSSR count). The summed E-state index contributed by atoms with van der Waals surface area (Å²) in [6.45, 7) is 1.14. The summed E-state index contributed by atoms with van der Waals surface area (Å²) in [4.78, 5) is 8.17. The van der Waals surface area contributed by atoms with Crippen LogP contribution in [0, 0.1) is 11.3 Å². The molecule has 0 N–H and O–H groups in total. The topological polar surface area (TPSA) is 105 Å². The molecule has 3 heterocycles. The zero-order valence-electron chi connectivity index (χ0n) is 13.8. The van der Waals surface area contributed by atoms with Crippen LogP contribution in [0.1, 0.15) is 17.7 Å². The number of sulfonamides is 1. The minimum absolute atomic E-state index is 0.0902. The lowest BCUT2D eigenvalue weighted by molar-refractivity contribution is 0.205. The number of rotatable bonds is 4. The van der Waals surface area contributed by atoms with Crippen molar-refractivity contribution in [1.29, 1.82) is 5.26 Å².